The van der Waals surface area contributed by atoms with Crippen LogP contribution in [0, 0.1) is 0 Å². The number of hydrogen-bond acceptors (Lipinski definition) is 2. The summed E-state index contributed by atoms with van der Waals surface area (Å²) in [5, 5.41) is 11.2. The van der Waals surface area contributed by atoms with E-state index in [1.807, 2.05) is 30.3 Å². The Kier molecular flexibility index (Phi) is 3.48. The standard InChI is InChI=1S/C18H13NO2/c20-18(21)15-7-5-13(6-8-15)12-19-17-10-9-14-3-1-2-4-16(14)11-17/h1-12H,(H,20,21). The molecular formula is C18H13NO2. The highest BCUT2D eigenvalue weighted by Gasteiger charge is 2.00. The first-order valence-corrected chi connectivity index (χ1v) is 6.58. The molecule has 0 radical (unpaired) electrons. The third kappa shape index (κ3) is 2.98. The van der Waals surface area contributed by atoms with Crippen molar-refractivity contribution < 1.29 is 9.90 Å². The zero-order valence-corrected chi connectivity index (χ0v) is 11.2. The van der Waals surface area contributed by atoms with E-state index in [1.165, 1.54) is 5.39 Å². The third-order valence-corrected chi connectivity index (χ3v) is 3.25. The van der Waals surface area contributed by atoms with Crippen LogP contribution in [0.4, 0.5) is 5.69 Å². The van der Waals surface area contributed by atoms with E-state index in [0.29, 0.717) is 0 Å². The van der Waals surface area contributed by atoms with Crippen molar-refractivity contribution in [2.45, 2.75) is 0 Å². The van der Waals surface area contributed by atoms with Crippen molar-refractivity contribution in [3.05, 3.63) is 77.9 Å². The van der Waals surface area contributed by atoms with Gasteiger partial charge in [0.2, 0.25) is 0 Å². The van der Waals surface area contributed by atoms with Gasteiger partial charge in [-0.1, -0.05) is 42.5 Å². The fraction of sp³-hybridized carbons (Fsp3) is 0. The van der Waals surface area contributed by atoms with Crippen molar-refractivity contribution in [2.24, 2.45) is 4.99 Å². The minimum atomic E-state index is -0.923. The zero-order chi connectivity index (χ0) is 14.7. The lowest BCUT2D eigenvalue weighted by Crippen LogP contribution is -1.95. The molecule has 0 bridgehead atoms. The van der Waals surface area contributed by atoms with Crippen molar-refractivity contribution in [1.82, 2.24) is 0 Å². The van der Waals surface area contributed by atoms with Crippen LogP contribution in [0.2, 0.25) is 0 Å². The average Bonchev–Trinajstić information content (AvgIpc) is 2.53. The lowest BCUT2D eigenvalue weighted by molar-refractivity contribution is 0.0697. The Balaban J connectivity index is 1.85. The summed E-state index contributed by atoms with van der Waals surface area (Å²) in [5.74, 6) is -0.923. The van der Waals surface area contributed by atoms with Gasteiger partial charge in [-0.2, -0.15) is 0 Å². The minimum Gasteiger partial charge on any atom is -0.478 e. The highest BCUT2D eigenvalue weighted by molar-refractivity contribution is 5.90. The first kappa shape index (κ1) is 13.1. The Bertz CT molecular complexity index is 820. The molecule has 0 fully saturated rings. The van der Waals surface area contributed by atoms with Gasteiger partial charge in [-0.15, -0.1) is 0 Å². The van der Waals surface area contributed by atoms with Crippen LogP contribution in [0.15, 0.2) is 71.7 Å². The van der Waals surface area contributed by atoms with Gasteiger partial charge in [0.15, 0.2) is 0 Å². The number of benzene rings is 3. The lowest BCUT2D eigenvalue weighted by atomic mass is 10.1. The van der Waals surface area contributed by atoms with Crippen molar-refractivity contribution in [1.29, 1.82) is 0 Å². The number of rotatable bonds is 3. The number of carbonyl (C=O) groups is 1. The second kappa shape index (κ2) is 5.59. The quantitative estimate of drug-likeness (QED) is 0.725. The van der Waals surface area contributed by atoms with Gasteiger partial charge in [0.05, 0.1) is 11.3 Å². The second-order valence-electron chi connectivity index (χ2n) is 4.72. The van der Waals surface area contributed by atoms with E-state index in [1.54, 1.807) is 30.5 Å². The molecule has 0 atom stereocenters. The van der Waals surface area contributed by atoms with Gasteiger partial charge < -0.3 is 5.11 Å². The Morgan fingerprint density at radius 2 is 1.62 bits per heavy atom. The Labute approximate surface area is 122 Å². The van der Waals surface area contributed by atoms with E-state index in [0.717, 1.165) is 16.6 Å². The van der Waals surface area contributed by atoms with E-state index in [2.05, 4.69) is 17.1 Å². The van der Waals surface area contributed by atoms with Crippen LogP contribution in [-0.2, 0) is 0 Å². The van der Waals surface area contributed by atoms with Gasteiger partial charge in [0.1, 0.15) is 0 Å². The molecule has 21 heavy (non-hydrogen) atoms. The molecule has 3 rings (SSSR count). The van der Waals surface area contributed by atoms with E-state index in [9.17, 15) is 4.79 Å². The molecule has 0 heterocycles. The van der Waals surface area contributed by atoms with Gasteiger partial charge in [-0.25, -0.2) is 4.79 Å². The molecule has 0 spiro atoms. The number of carboxylic acids is 1. The number of fused-ring (bicyclic) bond motifs is 1. The molecule has 0 aliphatic heterocycles. The Morgan fingerprint density at radius 3 is 2.33 bits per heavy atom. The van der Waals surface area contributed by atoms with Crippen LogP contribution in [-0.4, -0.2) is 17.3 Å². The molecule has 3 nitrogen and oxygen atoms in total. The van der Waals surface area contributed by atoms with Crippen LogP contribution in [0.25, 0.3) is 10.8 Å². The smallest absolute Gasteiger partial charge is 0.335 e. The van der Waals surface area contributed by atoms with Crippen LogP contribution in [0.5, 0.6) is 0 Å². The van der Waals surface area contributed by atoms with Crippen LogP contribution in [0.1, 0.15) is 15.9 Å². The van der Waals surface area contributed by atoms with Crippen LogP contribution in [0.3, 0.4) is 0 Å². The molecule has 0 aliphatic rings. The van der Waals surface area contributed by atoms with Gasteiger partial charge in [-0.3, -0.25) is 4.99 Å². The van der Waals surface area contributed by atoms with Gasteiger partial charge in [0.25, 0.3) is 0 Å². The maximum atomic E-state index is 10.8. The van der Waals surface area contributed by atoms with E-state index in [4.69, 9.17) is 5.11 Å². The van der Waals surface area contributed by atoms with Crippen LogP contribution < -0.4 is 0 Å². The summed E-state index contributed by atoms with van der Waals surface area (Å²) in [6, 6.07) is 20.8. The van der Waals surface area contributed by atoms with Gasteiger partial charge in [0, 0.05) is 6.21 Å². The first-order chi connectivity index (χ1) is 10.2. The molecule has 3 aromatic rings. The van der Waals surface area contributed by atoms with Gasteiger partial charge >= 0.3 is 5.97 Å². The molecule has 0 saturated carbocycles. The minimum absolute atomic E-state index is 0.276. The normalized spacial score (nSPS) is 11.0. The molecular weight excluding hydrogens is 262 g/mol. The molecule has 3 heteroatoms. The molecule has 102 valence electrons. The Hall–Kier alpha value is -2.94. The fourth-order valence-corrected chi connectivity index (χ4v) is 2.12. The molecule has 3 aromatic carbocycles. The number of nitrogens with zero attached hydrogens (tertiary/aromatic N) is 1. The van der Waals surface area contributed by atoms with E-state index >= 15 is 0 Å². The SMILES string of the molecule is O=C(O)c1ccc(C=Nc2ccc3ccccc3c2)cc1. The number of carboxylic acid groups (broad SMARTS) is 1. The fourth-order valence-electron chi connectivity index (χ4n) is 2.12. The Morgan fingerprint density at radius 1 is 0.905 bits per heavy atom. The number of aliphatic imine (C=N–C) groups is 1. The van der Waals surface area contributed by atoms with Crippen molar-refractivity contribution >= 4 is 28.6 Å². The maximum Gasteiger partial charge on any atom is 0.335 e. The summed E-state index contributed by atoms with van der Waals surface area (Å²) in [6.07, 6.45) is 1.73. The predicted molar refractivity (Wildman–Crippen MR) is 84.6 cm³/mol. The van der Waals surface area contributed by atoms with Crippen molar-refractivity contribution in [2.75, 3.05) is 0 Å². The zero-order valence-electron chi connectivity index (χ0n) is 11.2. The summed E-state index contributed by atoms with van der Waals surface area (Å²) in [4.78, 5) is 15.2. The molecule has 1 N–H and O–H groups in total. The highest BCUT2D eigenvalue weighted by atomic mass is 16.4. The number of hydrogen-bond donors (Lipinski definition) is 1. The molecule has 0 aromatic heterocycles. The molecule has 0 amide bonds. The molecule has 0 unspecified atom stereocenters. The van der Waals surface area contributed by atoms with E-state index in [-0.39, 0.29) is 5.56 Å². The largest absolute Gasteiger partial charge is 0.478 e. The highest BCUT2D eigenvalue weighted by Crippen LogP contribution is 2.20. The monoisotopic (exact) mass is 275 g/mol. The summed E-state index contributed by atoms with van der Waals surface area (Å²) in [6.45, 7) is 0. The predicted octanol–water partition coefficient (Wildman–Crippen LogP) is 4.29. The maximum absolute atomic E-state index is 10.8. The third-order valence-electron chi connectivity index (χ3n) is 3.25. The summed E-state index contributed by atoms with van der Waals surface area (Å²) in [7, 11) is 0. The number of aromatic carboxylic acids is 1. The first-order valence-electron chi connectivity index (χ1n) is 6.58. The molecule has 0 saturated heterocycles. The summed E-state index contributed by atoms with van der Waals surface area (Å²) in [5.41, 5.74) is 2.02. The topological polar surface area (TPSA) is 49.7 Å². The van der Waals surface area contributed by atoms with Gasteiger partial charge in [-0.05, 0) is 40.6 Å². The lowest BCUT2D eigenvalue weighted by Gasteiger charge is -1.99. The van der Waals surface area contributed by atoms with E-state index < -0.39 is 5.97 Å². The summed E-state index contributed by atoms with van der Waals surface area (Å²) < 4.78 is 0. The van der Waals surface area contributed by atoms with Crippen molar-refractivity contribution in [3.63, 3.8) is 0 Å². The van der Waals surface area contributed by atoms with Crippen molar-refractivity contribution in [3.8, 4) is 0 Å². The second-order valence-corrected chi connectivity index (χ2v) is 4.72. The average molecular weight is 275 g/mol. The summed E-state index contributed by atoms with van der Waals surface area (Å²) >= 11 is 0. The van der Waals surface area contributed by atoms with Crippen LogP contribution >= 0.6 is 0 Å². The molecule has 0 aliphatic carbocycles.